The molecule has 1 atom stereocenters. The van der Waals surface area contributed by atoms with E-state index in [1.807, 2.05) is 19.2 Å². The molecule has 40 heavy (non-hydrogen) atoms. The number of fused-ring (bicyclic) bond motifs is 2. The van der Waals surface area contributed by atoms with Gasteiger partial charge >= 0.3 is 240 Å². The van der Waals surface area contributed by atoms with Crippen molar-refractivity contribution in [1.82, 2.24) is 15.2 Å². The quantitative estimate of drug-likeness (QED) is 0.271. The van der Waals surface area contributed by atoms with Gasteiger partial charge in [0, 0.05) is 0 Å². The Morgan fingerprint density at radius 1 is 0.650 bits per heavy atom. The Morgan fingerprint density at radius 3 is 2.20 bits per heavy atom. The van der Waals surface area contributed by atoms with E-state index >= 15 is 0 Å². The number of anilines is 5. The molecule has 6 aromatic rings. The van der Waals surface area contributed by atoms with Crippen molar-refractivity contribution in [2.75, 3.05) is 16.8 Å². The molecule has 2 aromatic heterocycles. The Morgan fingerprint density at radius 2 is 1.43 bits per heavy atom. The van der Waals surface area contributed by atoms with Crippen LogP contribution in [0.4, 0.5) is 28.4 Å². The number of nitrogens with zero attached hydrogens (tertiary/aromatic N) is 4. The summed E-state index contributed by atoms with van der Waals surface area (Å²) >= 11 is -2.45. The fraction of sp³-hybridized carbons (Fsp3) is 0.0588. The molecule has 1 aliphatic rings. The second kappa shape index (κ2) is 10.2. The second-order valence-corrected chi connectivity index (χ2v) is 16.1. The monoisotopic (exact) mass is 581 g/mol. The van der Waals surface area contributed by atoms with E-state index < -0.39 is 14.3 Å². The first-order valence-electron chi connectivity index (χ1n) is 13.5. The summed E-state index contributed by atoms with van der Waals surface area (Å²) in [6.45, 7) is 2.03. The van der Waals surface area contributed by atoms with E-state index in [0.717, 1.165) is 28.3 Å². The summed E-state index contributed by atoms with van der Waals surface area (Å²) in [6, 6.07) is 43.7. The number of hydrogen-bond acceptors (Lipinski definition) is 4. The van der Waals surface area contributed by atoms with Crippen molar-refractivity contribution in [3.63, 3.8) is 0 Å². The van der Waals surface area contributed by atoms with Crippen molar-refractivity contribution in [1.29, 1.82) is 0 Å². The Labute approximate surface area is 238 Å². The molecule has 7 rings (SSSR count). The van der Waals surface area contributed by atoms with Crippen molar-refractivity contribution in [3.8, 4) is 11.3 Å². The number of nitrogens with one attached hydrogen (secondary N) is 1. The number of rotatable bonds is 5. The summed E-state index contributed by atoms with van der Waals surface area (Å²) in [4.78, 5) is 9.57. The van der Waals surface area contributed by atoms with Gasteiger partial charge in [0.1, 0.15) is 0 Å². The molecule has 6 heteroatoms. The van der Waals surface area contributed by atoms with Crippen molar-refractivity contribution in [2.24, 2.45) is 0 Å². The molecule has 0 saturated carbocycles. The molecule has 1 N–H and O–H groups in total. The topological polar surface area (TPSA) is 48.1 Å². The number of para-hydroxylation sites is 2. The van der Waals surface area contributed by atoms with Crippen LogP contribution in [0.15, 0.2) is 128 Å². The first kappa shape index (κ1) is 24.4. The van der Waals surface area contributed by atoms with Crippen molar-refractivity contribution in [3.05, 3.63) is 133 Å². The molecule has 1 unspecified atom stereocenters. The summed E-state index contributed by atoms with van der Waals surface area (Å²) in [5.41, 5.74) is 8.89. The number of hydrogen-bond donors (Lipinski definition) is 1. The summed E-state index contributed by atoms with van der Waals surface area (Å²) in [6.07, 6.45) is 1.92. The number of H-pyrrole nitrogens is 1. The number of aryl methyl sites for hydroxylation is 1. The van der Waals surface area contributed by atoms with Crippen molar-refractivity contribution in [2.45, 2.75) is 6.92 Å². The average molecular weight is 580 g/mol. The average Bonchev–Trinajstić information content (AvgIpc) is 3.45. The van der Waals surface area contributed by atoms with E-state index in [2.05, 4.69) is 142 Å². The number of aromatic amines is 1. The number of aromatic nitrogens is 3. The summed E-state index contributed by atoms with van der Waals surface area (Å²) in [7, 11) is 2.16. The van der Waals surface area contributed by atoms with E-state index in [1.54, 1.807) is 0 Å². The summed E-state index contributed by atoms with van der Waals surface area (Å²) < 4.78 is 4.00. The Bertz CT molecular complexity index is 1760. The Hall–Kier alpha value is -4.62. The predicted molar refractivity (Wildman–Crippen MR) is 168 cm³/mol. The van der Waals surface area contributed by atoms with Gasteiger partial charge in [-0.3, -0.25) is 0 Å². The van der Waals surface area contributed by atoms with E-state index in [1.165, 1.54) is 30.4 Å². The molecule has 1 aliphatic heterocycles. The van der Waals surface area contributed by atoms with Gasteiger partial charge in [0.05, 0.1) is 0 Å². The minimum atomic E-state index is -2.45. The number of pyridine rings is 1. The first-order chi connectivity index (χ1) is 19.7. The zero-order valence-electron chi connectivity index (χ0n) is 22.5. The third kappa shape index (κ3) is 4.29. The molecule has 5 nitrogen and oxygen atoms in total. The third-order valence-electron chi connectivity index (χ3n) is 7.64. The zero-order valence-corrected chi connectivity index (χ0v) is 24.9. The molecule has 3 heterocycles. The van der Waals surface area contributed by atoms with Gasteiger partial charge in [-0.25, -0.2) is 0 Å². The number of benzene rings is 4. The summed E-state index contributed by atoms with van der Waals surface area (Å²) in [5, 5.41) is 7.61. The molecule has 0 saturated heterocycles. The van der Waals surface area contributed by atoms with Crippen LogP contribution in [0.1, 0.15) is 5.69 Å². The van der Waals surface area contributed by atoms with Gasteiger partial charge in [0.15, 0.2) is 0 Å². The second-order valence-electron chi connectivity index (χ2n) is 10.2. The van der Waals surface area contributed by atoms with E-state index in [4.69, 9.17) is 4.98 Å². The predicted octanol–water partition coefficient (Wildman–Crippen LogP) is 5.58. The molecule has 0 amide bonds. The molecule has 194 valence electrons. The molecule has 0 spiro atoms. The Kier molecular flexibility index (Phi) is 6.21. The van der Waals surface area contributed by atoms with Gasteiger partial charge in [-0.05, 0) is 0 Å². The van der Waals surface area contributed by atoms with Crippen LogP contribution in [0.5, 0.6) is 0 Å². The molecule has 0 bridgehead atoms. The molecule has 4 aromatic carbocycles. The van der Waals surface area contributed by atoms with Crippen LogP contribution in [0.2, 0.25) is 0 Å². The molecular weight excluding hydrogens is 551 g/mol. The van der Waals surface area contributed by atoms with E-state index in [0.29, 0.717) is 0 Å². The van der Waals surface area contributed by atoms with Gasteiger partial charge in [0.2, 0.25) is 0 Å². The SMILES string of the molecule is Cc1cc(-c2cccc(N3c4ccccc4N(C)c4cc[c]([GeH]([c]5ccccc5)[c]5ccccn5)cc43)c2)n[nH]1. The molecule has 0 aliphatic carbocycles. The normalized spacial score (nSPS) is 13.1. The van der Waals surface area contributed by atoms with Gasteiger partial charge in [-0.1, -0.05) is 0 Å². The van der Waals surface area contributed by atoms with Crippen LogP contribution in [0.25, 0.3) is 11.3 Å². The fourth-order valence-corrected chi connectivity index (χ4v) is 11.7. The zero-order chi connectivity index (χ0) is 27.1. The van der Waals surface area contributed by atoms with E-state index in [-0.39, 0.29) is 0 Å². The van der Waals surface area contributed by atoms with Crippen LogP contribution in [-0.2, 0) is 0 Å². The van der Waals surface area contributed by atoms with E-state index in [9.17, 15) is 0 Å². The molecule has 0 radical (unpaired) electrons. The molecule has 0 fully saturated rings. The maximum atomic E-state index is 4.87. The first-order valence-corrected chi connectivity index (χ1v) is 17.2. The Balaban J connectivity index is 1.43. The van der Waals surface area contributed by atoms with Crippen LogP contribution in [-0.4, -0.2) is 36.6 Å². The van der Waals surface area contributed by atoms with Crippen LogP contribution < -0.4 is 23.1 Å². The van der Waals surface area contributed by atoms with Crippen LogP contribution in [0, 0.1) is 6.92 Å². The van der Waals surface area contributed by atoms with Gasteiger partial charge in [0.25, 0.3) is 0 Å². The van der Waals surface area contributed by atoms with Gasteiger partial charge < -0.3 is 0 Å². The van der Waals surface area contributed by atoms with Crippen LogP contribution >= 0.6 is 0 Å². The fourth-order valence-electron chi connectivity index (χ4n) is 5.75. The summed E-state index contributed by atoms with van der Waals surface area (Å²) in [5.74, 6) is 0. The molecular formula is C34H29GeN5. The maximum absolute atomic E-state index is 4.87. The third-order valence-corrected chi connectivity index (χ3v) is 14.0. The van der Waals surface area contributed by atoms with Gasteiger partial charge in [-0.15, -0.1) is 0 Å². The standard InChI is InChI=1S/C34H29GeN5/c1-24-21-29(38-37-24)25-11-10-14-28(22-25)40-32-16-7-6-15-30(32)39(2)31-19-18-27(23-33(31)40)35(26-12-4-3-5-13-26)34-17-8-9-20-36-34/h3-23,35H,1-2H3,(H,37,38). The van der Waals surface area contributed by atoms with Crippen molar-refractivity contribution < 1.29 is 0 Å². The van der Waals surface area contributed by atoms with Gasteiger partial charge in [-0.2, -0.15) is 0 Å². The van der Waals surface area contributed by atoms with Crippen LogP contribution in [0.3, 0.4) is 0 Å². The van der Waals surface area contributed by atoms with Crippen molar-refractivity contribution >= 4 is 56.1 Å². The minimum absolute atomic E-state index is 0.949.